The van der Waals surface area contributed by atoms with Gasteiger partial charge in [-0.2, -0.15) is 4.98 Å². The molecule has 5 rings (SSSR count). The van der Waals surface area contributed by atoms with Crippen molar-refractivity contribution in [2.24, 2.45) is 0 Å². The molecule has 1 aromatic carbocycles. The number of aromatic nitrogens is 4. The molecule has 3 N–H and O–H groups in total. The third-order valence-electron chi connectivity index (χ3n) is 5.84. The molecule has 0 amide bonds. The summed E-state index contributed by atoms with van der Waals surface area (Å²) in [6, 6.07) is 1.04. The maximum absolute atomic E-state index is 14.3. The molecule has 1 saturated heterocycles. The van der Waals surface area contributed by atoms with E-state index in [1.54, 1.807) is 4.57 Å². The van der Waals surface area contributed by atoms with E-state index in [1.807, 2.05) is 0 Å². The van der Waals surface area contributed by atoms with Crippen molar-refractivity contribution in [1.82, 2.24) is 19.5 Å². The lowest BCUT2D eigenvalue weighted by Crippen LogP contribution is -2.29. The zero-order valence-electron chi connectivity index (χ0n) is 18.1. The predicted octanol–water partition coefficient (Wildman–Crippen LogP) is 3.66. The molecule has 2 aromatic heterocycles. The summed E-state index contributed by atoms with van der Waals surface area (Å²) in [7, 11) is 0. The Balaban J connectivity index is 1.49. The molecule has 1 unspecified atom stereocenters. The number of halogens is 3. The number of imidazole rings is 1. The monoisotopic (exact) mass is 449 g/mol. The van der Waals surface area contributed by atoms with Crippen molar-refractivity contribution in [2.75, 3.05) is 23.8 Å². The van der Waals surface area contributed by atoms with E-state index in [1.165, 1.54) is 6.20 Å². The molecule has 11 heteroatoms. The van der Waals surface area contributed by atoms with Crippen molar-refractivity contribution >= 4 is 28.7 Å². The van der Waals surface area contributed by atoms with Gasteiger partial charge in [0.25, 0.3) is 0 Å². The van der Waals surface area contributed by atoms with Gasteiger partial charge in [-0.25, -0.2) is 23.1 Å². The van der Waals surface area contributed by atoms with Crippen LogP contribution in [0.1, 0.15) is 39.5 Å². The molecule has 1 atom stereocenters. The maximum Gasteiger partial charge on any atom is 0.224 e. The van der Waals surface area contributed by atoms with Gasteiger partial charge in [-0.3, -0.25) is 4.57 Å². The van der Waals surface area contributed by atoms with Gasteiger partial charge in [-0.1, -0.05) is 0 Å². The van der Waals surface area contributed by atoms with Crippen molar-refractivity contribution in [3.63, 3.8) is 0 Å². The lowest BCUT2D eigenvalue weighted by molar-refractivity contribution is 0.126. The Morgan fingerprint density at radius 1 is 1.09 bits per heavy atom. The van der Waals surface area contributed by atoms with Crippen LogP contribution in [0.3, 0.4) is 0 Å². The number of nitrogens with zero attached hydrogens (tertiary/aromatic N) is 4. The average Bonchev–Trinajstić information content (AvgIpc) is 3.39. The number of nitrogens with one attached hydrogen (secondary N) is 2. The van der Waals surface area contributed by atoms with Gasteiger partial charge >= 0.3 is 0 Å². The molecule has 0 bridgehead atoms. The van der Waals surface area contributed by atoms with E-state index < -0.39 is 29.2 Å². The highest BCUT2D eigenvalue weighted by Crippen LogP contribution is 2.32. The number of benzene rings is 1. The van der Waals surface area contributed by atoms with E-state index in [0.717, 1.165) is 0 Å². The minimum absolute atomic E-state index is 0.0132. The number of fused-ring (bicyclic) bond motifs is 1. The molecule has 1 aliphatic heterocycles. The smallest absolute Gasteiger partial charge is 0.224 e. The van der Waals surface area contributed by atoms with Gasteiger partial charge in [-0.15, -0.1) is 0 Å². The van der Waals surface area contributed by atoms with E-state index >= 15 is 0 Å². The molecule has 8 nitrogen and oxygen atoms in total. The van der Waals surface area contributed by atoms with E-state index in [2.05, 4.69) is 25.6 Å². The van der Waals surface area contributed by atoms with Crippen LogP contribution in [0, 0.1) is 17.5 Å². The number of ether oxygens (including phenoxy) is 1. The van der Waals surface area contributed by atoms with Gasteiger partial charge in [0.15, 0.2) is 17.3 Å². The van der Waals surface area contributed by atoms with Crippen LogP contribution in [-0.2, 0) is 4.74 Å². The largest absolute Gasteiger partial charge is 0.393 e. The van der Waals surface area contributed by atoms with Crippen LogP contribution >= 0.6 is 0 Å². The predicted molar refractivity (Wildman–Crippen MR) is 111 cm³/mol. The molecule has 1 aliphatic carbocycles. The summed E-state index contributed by atoms with van der Waals surface area (Å²) >= 11 is 0. The summed E-state index contributed by atoms with van der Waals surface area (Å²) in [5.74, 6) is -2.66. The molecule has 170 valence electrons. The SMILES string of the molecule is [2H]C1(O)CCC(Nc2ncc3nc(Nc4c(F)cc(F)cc4F)n(C4CCOC4)c3n2)CC1. The Kier molecular flexibility index (Phi) is 5.27. The molecule has 2 fully saturated rings. The Hall–Kier alpha value is -2.92. The lowest BCUT2D eigenvalue weighted by atomic mass is 9.93. The highest BCUT2D eigenvalue weighted by Gasteiger charge is 2.27. The maximum atomic E-state index is 14.3. The first-order chi connectivity index (χ1) is 15.8. The van der Waals surface area contributed by atoms with Crippen LogP contribution in [0.15, 0.2) is 18.3 Å². The Bertz CT molecular complexity index is 1150. The van der Waals surface area contributed by atoms with Crippen LogP contribution in [-0.4, -0.2) is 50.0 Å². The molecule has 2 aliphatic rings. The van der Waals surface area contributed by atoms with Crippen molar-refractivity contribution in [3.05, 3.63) is 35.8 Å². The minimum atomic E-state index is -1.39. The van der Waals surface area contributed by atoms with E-state index in [9.17, 15) is 18.3 Å². The number of rotatable bonds is 5. The van der Waals surface area contributed by atoms with Crippen LogP contribution < -0.4 is 10.6 Å². The number of hydrogen-bond donors (Lipinski definition) is 3. The molecular formula is C21H23F3N6O2. The Morgan fingerprint density at radius 2 is 1.84 bits per heavy atom. The van der Waals surface area contributed by atoms with Crippen LogP contribution in [0.2, 0.25) is 0 Å². The van der Waals surface area contributed by atoms with Gasteiger partial charge in [0, 0.05) is 24.8 Å². The third kappa shape index (κ3) is 4.09. The third-order valence-corrected chi connectivity index (χ3v) is 5.84. The van der Waals surface area contributed by atoms with Gasteiger partial charge < -0.3 is 20.5 Å². The molecule has 32 heavy (non-hydrogen) atoms. The van der Waals surface area contributed by atoms with Crippen LogP contribution in [0.5, 0.6) is 0 Å². The first kappa shape index (κ1) is 19.7. The minimum Gasteiger partial charge on any atom is -0.393 e. The molecule has 3 heterocycles. The summed E-state index contributed by atoms with van der Waals surface area (Å²) in [4.78, 5) is 13.3. The second-order valence-electron chi connectivity index (χ2n) is 8.08. The first-order valence-corrected chi connectivity index (χ1v) is 10.5. The second kappa shape index (κ2) is 8.55. The summed E-state index contributed by atoms with van der Waals surface area (Å²) < 4.78 is 56.8. The summed E-state index contributed by atoms with van der Waals surface area (Å²) in [6.07, 6.45) is 2.70. The van der Waals surface area contributed by atoms with Gasteiger partial charge in [0.2, 0.25) is 11.9 Å². The standard InChI is InChI=1S/C21H23F3N6O2/c22-11-7-15(23)18(16(24)8-11)28-21-27-17-9-25-20(26-12-1-3-14(31)4-2-12)29-19(17)30(21)13-5-6-32-10-13/h7-9,12-14,31H,1-6,10H2,(H,27,28)(H,25,26,29)/i14D. The fourth-order valence-electron chi connectivity index (χ4n) is 4.17. The van der Waals surface area contributed by atoms with Gasteiger partial charge in [-0.05, 0) is 32.1 Å². The van der Waals surface area contributed by atoms with Crippen LogP contribution in [0.4, 0.5) is 30.8 Å². The number of anilines is 3. The zero-order valence-corrected chi connectivity index (χ0v) is 17.1. The van der Waals surface area contributed by atoms with Gasteiger partial charge in [0.05, 0.1) is 26.3 Å². The molecule has 1 saturated carbocycles. The average molecular weight is 449 g/mol. The lowest BCUT2D eigenvalue weighted by Gasteiger charge is -2.26. The fourth-order valence-corrected chi connectivity index (χ4v) is 4.17. The number of hydrogen-bond acceptors (Lipinski definition) is 7. The van der Waals surface area contributed by atoms with Crippen molar-refractivity contribution in [1.29, 1.82) is 0 Å². The number of aliphatic hydroxyl groups is 1. The molecule has 0 radical (unpaired) electrons. The van der Waals surface area contributed by atoms with E-state index in [-0.39, 0.29) is 18.0 Å². The summed E-state index contributed by atoms with van der Waals surface area (Å²) in [6.45, 7) is 0.906. The summed E-state index contributed by atoms with van der Waals surface area (Å²) in [5.41, 5.74) is 0.367. The second-order valence-corrected chi connectivity index (χ2v) is 8.08. The first-order valence-electron chi connectivity index (χ1n) is 11.0. The van der Waals surface area contributed by atoms with E-state index in [4.69, 9.17) is 6.11 Å². The topological polar surface area (TPSA) is 97.1 Å². The highest BCUT2D eigenvalue weighted by atomic mass is 19.1. The zero-order chi connectivity index (χ0) is 23.2. The quantitative estimate of drug-likeness (QED) is 0.547. The highest BCUT2D eigenvalue weighted by molar-refractivity contribution is 5.76. The normalized spacial score (nSPS) is 26.3. The Labute approximate surface area is 183 Å². The Morgan fingerprint density at radius 3 is 2.53 bits per heavy atom. The van der Waals surface area contributed by atoms with Crippen molar-refractivity contribution < 1.29 is 24.4 Å². The molecule has 3 aromatic rings. The van der Waals surface area contributed by atoms with Crippen LogP contribution in [0.25, 0.3) is 11.2 Å². The van der Waals surface area contributed by atoms with Crippen molar-refractivity contribution in [3.8, 4) is 0 Å². The van der Waals surface area contributed by atoms with E-state index in [0.29, 0.717) is 74.6 Å². The summed E-state index contributed by atoms with van der Waals surface area (Å²) in [5, 5.41) is 15.7. The molecular weight excluding hydrogens is 425 g/mol. The van der Waals surface area contributed by atoms with Crippen molar-refractivity contribution in [2.45, 2.75) is 50.3 Å². The van der Waals surface area contributed by atoms with Gasteiger partial charge in [0.1, 0.15) is 17.0 Å². The molecule has 0 spiro atoms. The fraction of sp³-hybridized carbons (Fsp3) is 0.476.